The number of benzene rings is 1. The average molecular weight is 289 g/mol. The lowest BCUT2D eigenvalue weighted by Crippen LogP contribution is -2.38. The molecule has 0 radical (unpaired) electrons. The highest BCUT2D eigenvalue weighted by Crippen LogP contribution is 2.25. The van der Waals surface area contributed by atoms with Gasteiger partial charge in [-0.1, -0.05) is 13.0 Å². The smallest absolute Gasteiger partial charge is 0.326 e. The first kappa shape index (κ1) is 14.2. The van der Waals surface area contributed by atoms with Crippen LogP contribution in [0.2, 0.25) is 0 Å². The number of hydrogen-bond donors (Lipinski definition) is 1. The highest BCUT2D eigenvalue weighted by Gasteiger charge is 2.21. The van der Waals surface area contributed by atoms with E-state index in [1.165, 1.54) is 19.4 Å². The first-order valence-corrected chi connectivity index (χ1v) is 7.70. The molecular weight excluding hydrogens is 266 g/mol. The topological polar surface area (TPSA) is 50.3 Å². The minimum atomic E-state index is -0.0388. The standard InChI is InChI=1S/C16H23N3O2/c1-3-18-9-5-6-12(10-18)11-19-15-13(17-16(19)20)7-4-8-14(15)21-2/h4,7-8,12H,3,5-6,9-11H2,1-2H3,(H,17,20). The second kappa shape index (κ2) is 5.93. The van der Waals surface area contributed by atoms with E-state index in [2.05, 4.69) is 16.8 Å². The van der Waals surface area contributed by atoms with Crippen molar-refractivity contribution >= 4 is 11.0 Å². The van der Waals surface area contributed by atoms with E-state index in [0.717, 1.165) is 36.4 Å². The fraction of sp³-hybridized carbons (Fsp3) is 0.562. The Labute approximate surface area is 124 Å². The molecule has 5 nitrogen and oxygen atoms in total. The third kappa shape index (κ3) is 2.70. The number of fused-ring (bicyclic) bond motifs is 1. The Bertz CT molecular complexity index is 674. The molecule has 21 heavy (non-hydrogen) atoms. The second-order valence-corrected chi connectivity index (χ2v) is 5.80. The van der Waals surface area contributed by atoms with Crippen LogP contribution in [-0.2, 0) is 6.54 Å². The van der Waals surface area contributed by atoms with Crippen LogP contribution in [0.1, 0.15) is 19.8 Å². The zero-order valence-corrected chi connectivity index (χ0v) is 12.8. The van der Waals surface area contributed by atoms with Gasteiger partial charge in [0.2, 0.25) is 0 Å². The molecule has 1 unspecified atom stereocenters. The molecule has 1 saturated heterocycles. The fourth-order valence-electron chi connectivity index (χ4n) is 3.37. The van der Waals surface area contributed by atoms with Crippen molar-refractivity contribution in [1.29, 1.82) is 0 Å². The summed E-state index contributed by atoms with van der Waals surface area (Å²) < 4.78 is 7.27. The van der Waals surface area contributed by atoms with Crippen molar-refractivity contribution < 1.29 is 4.74 Å². The number of para-hydroxylation sites is 1. The minimum absolute atomic E-state index is 0.0388. The van der Waals surface area contributed by atoms with Crippen LogP contribution in [-0.4, -0.2) is 41.2 Å². The number of aromatic nitrogens is 2. The van der Waals surface area contributed by atoms with Crippen LogP contribution in [0.5, 0.6) is 5.75 Å². The molecule has 114 valence electrons. The molecule has 3 rings (SSSR count). The van der Waals surface area contributed by atoms with Gasteiger partial charge in [0.05, 0.1) is 12.6 Å². The lowest BCUT2D eigenvalue weighted by molar-refractivity contribution is 0.170. The van der Waals surface area contributed by atoms with Crippen LogP contribution in [0.3, 0.4) is 0 Å². The summed E-state index contributed by atoms with van der Waals surface area (Å²) in [5.74, 6) is 1.29. The van der Waals surface area contributed by atoms with Crippen molar-refractivity contribution in [3.63, 3.8) is 0 Å². The van der Waals surface area contributed by atoms with E-state index >= 15 is 0 Å². The molecule has 1 fully saturated rings. The van der Waals surface area contributed by atoms with Gasteiger partial charge in [0.25, 0.3) is 0 Å². The van der Waals surface area contributed by atoms with Crippen molar-refractivity contribution in [2.24, 2.45) is 5.92 Å². The van der Waals surface area contributed by atoms with Gasteiger partial charge in [0, 0.05) is 13.1 Å². The van der Waals surface area contributed by atoms with E-state index in [1.807, 2.05) is 22.8 Å². The molecule has 1 aliphatic heterocycles. The van der Waals surface area contributed by atoms with E-state index < -0.39 is 0 Å². The highest BCUT2D eigenvalue weighted by molar-refractivity contribution is 5.81. The molecule has 0 bridgehead atoms. The summed E-state index contributed by atoms with van der Waals surface area (Å²) in [4.78, 5) is 17.7. The van der Waals surface area contributed by atoms with Crippen LogP contribution in [0, 0.1) is 5.92 Å². The third-order valence-corrected chi connectivity index (χ3v) is 4.47. The maximum atomic E-state index is 12.3. The van der Waals surface area contributed by atoms with Gasteiger partial charge in [-0.25, -0.2) is 4.79 Å². The molecule has 0 aliphatic carbocycles. The zero-order chi connectivity index (χ0) is 14.8. The monoisotopic (exact) mass is 289 g/mol. The summed E-state index contributed by atoms with van der Waals surface area (Å²) >= 11 is 0. The van der Waals surface area contributed by atoms with Gasteiger partial charge in [-0.3, -0.25) is 4.57 Å². The summed E-state index contributed by atoms with van der Waals surface area (Å²) in [6.07, 6.45) is 2.40. The van der Waals surface area contributed by atoms with Gasteiger partial charge in [-0.15, -0.1) is 0 Å². The molecule has 1 aromatic carbocycles. The maximum Gasteiger partial charge on any atom is 0.326 e. The maximum absolute atomic E-state index is 12.3. The lowest BCUT2D eigenvalue weighted by atomic mass is 9.98. The average Bonchev–Trinajstić information content (AvgIpc) is 2.83. The van der Waals surface area contributed by atoms with Gasteiger partial charge in [0.1, 0.15) is 11.3 Å². The summed E-state index contributed by atoms with van der Waals surface area (Å²) in [7, 11) is 1.65. The third-order valence-electron chi connectivity index (χ3n) is 4.47. The molecule has 0 amide bonds. The van der Waals surface area contributed by atoms with Crippen molar-refractivity contribution in [2.45, 2.75) is 26.3 Å². The Hall–Kier alpha value is -1.75. The molecule has 1 aromatic heterocycles. The number of likely N-dealkylation sites (tertiary alicyclic amines) is 1. The molecule has 0 spiro atoms. The van der Waals surface area contributed by atoms with E-state index in [1.54, 1.807) is 7.11 Å². The number of H-pyrrole nitrogens is 1. The number of aromatic amines is 1. The van der Waals surface area contributed by atoms with Crippen LogP contribution in [0.15, 0.2) is 23.0 Å². The minimum Gasteiger partial charge on any atom is -0.494 e. The quantitative estimate of drug-likeness (QED) is 0.937. The van der Waals surface area contributed by atoms with Crippen molar-refractivity contribution in [3.8, 4) is 5.75 Å². The molecule has 2 heterocycles. The molecule has 0 saturated carbocycles. The summed E-state index contributed by atoms with van der Waals surface area (Å²) in [6, 6.07) is 5.74. The van der Waals surface area contributed by atoms with E-state index in [0.29, 0.717) is 5.92 Å². The Kier molecular flexibility index (Phi) is 4.01. The zero-order valence-electron chi connectivity index (χ0n) is 12.8. The predicted molar refractivity (Wildman–Crippen MR) is 83.9 cm³/mol. The van der Waals surface area contributed by atoms with Crippen molar-refractivity contribution in [3.05, 3.63) is 28.7 Å². The SMILES string of the molecule is CCN1CCCC(Cn2c(=O)[nH]c3cccc(OC)c32)C1. The number of rotatable bonds is 4. The van der Waals surface area contributed by atoms with E-state index in [9.17, 15) is 4.79 Å². The molecule has 1 atom stereocenters. The number of imidazole rings is 1. The Morgan fingerprint density at radius 3 is 3.05 bits per heavy atom. The summed E-state index contributed by atoms with van der Waals surface area (Å²) in [6.45, 7) is 6.30. The van der Waals surface area contributed by atoms with Crippen molar-refractivity contribution in [1.82, 2.24) is 14.5 Å². The van der Waals surface area contributed by atoms with E-state index in [4.69, 9.17) is 4.74 Å². The summed E-state index contributed by atoms with van der Waals surface area (Å²) in [5.41, 5.74) is 1.70. The first-order valence-electron chi connectivity index (χ1n) is 7.70. The Balaban J connectivity index is 1.93. The number of methoxy groups -OCH3 is 1. The highest BCUT2D eigenvalue weighted by atomic mass is 16.5. The Morgan fingerprint density at radius 2 is 2.29 bits per heavy atom. The largest absolute Gasteiger partial charge is 0.494 e. The predicted octanol–water partition coefficient (Wildman–Crippen LogP) is 2.07. The molecule has 1 aliphatic rings. The second-order valence-electron chi connectivity index (χ2n) is 5.80. The number of nitrogens with one attached hydrogen (secondary N) is 1. The molecule has 1 N–H and O–H groups in total. The van der Waals surface area contributed by atoms with E-state index in [-0.39, 0.29) is 5.69 Å². The van der Waals surface area contributed by atoms with Crippen LogP contribution in [0.25, 0.3) is 11.0 Å². The van der Waals surface area contributed by atoms with Gasteiger partial charge in [-0.05, 0) is 44.0 Å². The number of nitrogens with zero attached hydrogens (tertiary/aromatic N) is 2. The van der Waals surface area contributed by atoms with Gasteiger partial charge in [0.15, 0.2) is 0 Å². The number of piperidine rings is 1. The van der Waals surface area contributed by atoms with Gasteiger partial charge < -0.3 is 14.6 Å². The van der Waals surface area contributed by atoms with Crippen LogP contribution >= 0.6 is 0 Å². The van der Waals surface area contributed by atoms with Gasteiger partial charge in [-0.2, -0.15) is 0 Å². The molecule has 2 aromatic rings. The summed E-state index contributed by atoms with van der Waals surface area (Å²) in [5, 5.41) is 0. The fourth-order valence-corrected chi connectivity index (χ4v) is 3.37. The van der Waals surface area contributed by atoms with Crippen LogP contribution in [0.4, 0.5) is 0 Å². The normalized spacial score (nSPS) is 20.0. The van der Waals surface area contributed by atoms with Gasteiger partial charge >= 0.3 is 5.69 Å². The van der Waals surface area contributed by atoms with Crippen molar-refractivity contribution in [2.75, 3.05) is 26.7 Å². The molecular formula is C16H23N3O2. The number of hydrogen-bond acceptors (Lipinski definition) is 3. The number of ether oxygens (including phenoxy) is 1. The first-order chi connectivity index (χ1) is 10.2. The molecule has 5 heteroatoms. The van der Waals surface area contributed by atoms with Crippen LogP contribution < -0.4 is 10.4 Å². The Morgan fingerprint density at radius 1 is 1.43 bits per heavy atom. The lowest BCUT2D eigenvalue weighted by Gasteiger charge is -2.31.